The first kappa shape index (κ1) is 12.4. The van der Waals surface area contributed by atoms with Crippen LogP contribution in [0, 0.1) is 0 Å². The van der Waals surface area contributed by atoms with E-state index in [1.54, 1.807) is 12.3 Å². The van der Waals surface area contributed by atoms with E-state index >= 15 is 0 Å². The van der Waals surface area contributed by atoms with Crippen molar-refractivity contribution in [3.8, 4) is 11.5 Å². The molecule has 2 aromatic rings. The first-order chi connectivity index (χ1) is 8.61. The van der Waals surface area contributed by atoms with Crippen LogP contribution in [-0.4, -0.2) is 28.0 Å². The number of rotatable bonds is 2. The number of hydrogen-bond donors (Lipinski definition) is 1. The first-order valence-corrected chi connectivity index (χ1v) is 5.74. The molecule has 7 heteroatoms. The van der Waals surface area contributed by atoms with Crippen LogP contribution in [0.3, 0.4) is 0 Å². The zero-order valence-corrected chi connectivity index (χ0v) is 11.0. The summed E-state index contributed by atoms with van der Waals surface area (Å²) in [6.45, 7) is 0. The van der Waals surface area contributed by atoms with Gasteiger partial charge in [0.2, 0.25) is 0 Å². The minimum absolute atomic E-state index is 0.0663. The van der Waals surface area contributed by atoms with Crippen molar-refractivity contribution < 1.29 is 9.53 Å². The van der Waals surface area contributed by atoms with Gasteiger partial charge in [-0.2, -0.15) is 0 Å². The van der Waals surface area contributed by atoms with Crippen LogP contribution >= 0.6 is 15.9 Å². The van der Waals surface area contributed by atoms with Crippen LogP contribution in [0.25, 0.3) is 11.5 Å². The van der Waals surface area contributed by atoms with Crippen molar-refractivity contribution in [2.75, 3.05) is 12.8 Å². The molecule has 0 aliphatic rings. The summed E-state index contributed by atoms with van der Waals surface area (Å²) in [5.41, 5.74) is 6.38. The number of nitrogens with two attached hydrogens (primary N) is 1. The molecule has 2 heterocycles. The van der Waals surface area contributed by atoms with Crippen LogP contribution in [-0.2, 0) is 4.74 Å². The van der Waals surface area contributed by atoms with Crippen molar-refractivity contribution in [1.29, 1.82) is 0 Å². The molecule has 0 unspecified atom stereocenters. The minimum atomic E-state index is -0.567. The molecule has 0 radical (unpaired) electrons. The number of carbonyl (C=O) groups is 1. The fraction of sp³-hybridized carbons (Fsp3) is 0.0909. The van der Waals surface area contributed by atoms with Crippen molar-refractivity contribution in [3.63, 3.8) is 0 Å². The summed E-state index contributed by atoms with van der Waals surface area (Å²) < 4.78 is 5.41. The Balaban J connectivity index is 2.40. The number of pyridine rings is 1. The van der Waals surface area contributed by atoms with E-state index in [0.717, 1.165) is 4.47 Å². The fourth-order valence-electron chi connectivity index (χ4n) is 1.29. The maximum absolute atomic E-state index is 11.3. The third kappa shape index (κ3) is 2.45. The number of nitrogen functional groups attached to an aromatic ring is 1. The molecule has 0 amide bonds. The summed E-state index contributed by atoms with van der Waals surface area (Å²) in [5, 5.41) is 0. The summed E-state index contributed by atoms with van der Waals surface area (Å²) in [7, 11) is 1.27. The van der Waals surface area contributed by atoms with Crippen molar-refractivity contribution in [1.82, 2.24) is 15.0 Å². The third-order valence-corrected chi connectivity index (χ3v) is 2.65. The minimum Gasteiger partial charge on any atom is -0.465 e. The van der Waals surface area contributed by atoms with E-state index in [0.29, 0.717) is 11.5 Å². The van der Waals surface area contributed by atoms with Gasteiger partial charge in [-0.1, -0.05) is 0 Å². The summed E-state index contributed by atoms with van der Waals surface area (Å²) in [5.74, 6) is -0.146. The molecule has 0 fully saturated rings. The zero-order chi connectivity index (χ0) is 13.1. The molecular weight excluding hydrogens is 300 g/mol. The Morgan fingerprint density at radius 2 is 2.11 bits per heavy atom. The third-order valence-electron chi connectivity index (χ3n) is 2.18. The number of aromatic nitrogens is 3. The largest absolute Gasteiger partial charge is 0.465 e. The molecule has 92 valence electrons. The van der Waals surface area contributed by atoms with Crippen LogP contribution < -0.4 is 5.73 Å². The first-order valence-electron chi connectivity index (χ1n) is 4.94. The van der Waals surface area contributed by atoms with E-state index in [4.69, 9.17) is 5.73 Å². The monoisotopic (exact) mass is 308 g/mol. The van der Waals surface area contributed by atoms with Gasteiger partial charge in [0.25, 0.3) is 0 Å². The molecular formula is C11H9BrN4O2. The molecule has 2 N–H and O–H groups in total. The van der Waals surface area contributed by atoms with E-state index in [1.165, 1.54) is 13.3 Å². The number of methoxy groups -OCH3 is 1. The van der Waals surface area contributed by atoms with Gasteiger partial charge < -0.3 is 10.5 Å². The lowest BCUT2D eigenvalue weighted by atomic mass is 10.3. The lowest BCUT2D eigenvalue weighted by molar-refractivity contribution is 0.0601. The Bertz CT molecular complexity index is 586. The number of halogens is 1. The molecule has 0 aliphatic carbocycles. The SMILES string of the molecule is COC(=O)c1cnc(-c2ccc(Br)cn2)nc1N. The predicted molar refractivity (Wildman–Crippen MR) is 68.7 cm³/mol. The maximum Gasteiger partial charge on any atom is 0.343 e. The van der Waals surface area contributed by atoms with Gasteiger partial charge in [-0.15, -0.1) is 0 Å². The number of hydrogen-bond acceptors (Lipinski definition) is 6. The van der Waals surface area contributed by atoms with Crippen molar-refractivity contribution in [2.45, 2.75) is 0 Å². The molecule has 0 saturated carbocycles. The Morgan fingerprint density at radius 3 is 2.67 bits per heavy atom. The van der Waals surface area contributed by atoms with Crippen molar-refractivity contribution in [2.24, 2.45) is 0 Å². The van der Waals surface area contributed by atoms with Crippen LogP contribution in [0.2, 0.25) is 0 Å². The molecule has 18 heavy (non-hydrogen) atoms. The van der Waals surface area contributed by atoms with Crippen LogP contribution in [0.5, 0.6) is 0 Å². The van der Waals surface area contributed by atoms with E-state index in [2.05, 4.69) is 35.6 Å². The summed E-state index contributed by atoms with van der Waals surface area (Å²) in [4.78, 5) is 23.5. The molecule has 0 spiro atoms. The number of esters is 1. The molecule has 0 atom stereocenters. The lowest BCUT2D eigenvalue weighted by Crippen LogP contribution is -2.09. The molecule has 0 bridgehead atoms. The number of ether oxygens (including phenoxy) is 1. The van der Waals surface area contributed by atoms with Gasteiger partial charge in [-0.25, -0.2) is 14.8 Å². The van der Waals surface area contributed by atoms with Crippen LogP contribution in [0.15, 0.2) is 29.0 Å². The van der Waals surface area contributed by atoms with Gasteiger partial charge >= 0.3 is 5.97 Å². The van der Waals surface area contributed by atoms with Crippen molar-refractivity contribution >= 4 is 27.7 Å². The highest BCUT2D eigenvalue weighted by molar-refractivity contribution is 9.10. The Hall–Kier alpha value is -2.02. The van der Waals surface area contributed by atoms with E-state index in [1.807, 2.05) is 6.07 Å². The van der Waals surface area contributed by atoms with Gasteiger partial charge in [0.1, 0.15) is 17.1 Å². The Morgan fingerprint density at radius 1 is 1.33 bits per heavy atom. The summed E-state index contributed by atoms with van der Waals surface area (Å²) >= 11 is 3.28. The zero-order valence-electron chi connectivity index (χ0n) is 9.42. The number of nitrogens with zero attached hydrogens (tertiary/aromatic N) is 3. The van der Waals surface area contributed by atoms with Gasteiger partial charge in [0.15, 0.2) is 5.82 Å². The van der Waals surface area contributed by atoms with Gasteiger partial charge in [0, 0.05) is 16.9 Å². The fourth-order valence-corrected chi connectivity index (χ4v) is 1.53. The highest BCUT2D eigenvalue weighted by Crippen LogP contribution is 2.17. The normalized spacial score (nSPS) is 10.1. The Kier molecular flexibility index (Phi) is 3.52. The molecule has 6 nitrogen and oxygen atoms in total. The highest BCUT2D eigenvalue weighted by Gasteiger charge is 2.13. The van der Waals surface area contributed by atoms with E-state index in [9.17, 15) is 4.79 Å². The van der Waals surface area contributed by atoms with Crippen LogP contribution in [0.4, 0.5) is 5.82 Å². The average Bonchev–Trinajstić information content (AvgIpc) is 2.38. The Labute approximate surface area is 111 Å². The summed E-state index contributed by atoms with van der Waals surface area (Å²) in [6.07, 6.45) is 2.95. The second-order valence-electron chi connectivity index (χ2n) is 3.35. The van der Waals surface area contributed by atoms with Gasteiger partial charge in [-0.3, -0.25) is 4.98 Å². The van der Waals surface area contributed by atoms with E-state index < -0.39 is 5.97 Å². The highest BCUT2D eigenvalue weighted by atomic mass is 79.9. The lowest BCUT2D eigenvalue weighted by Gasteiger charge is -2.04. The van der Waals surface area contributed by atoms with Crippen LogP contribution in [0.1, 0.15) is 10.4 Å². The quantitative estimate of drug-likeness (QED) is 0.849. The van der Waals surface area contributed by atoms with Gasteiger partial charge in [0.05, 0.1) is 7.11 Å². The molecule has 0 saturated heterocycles. The summed E-state index contributed by atoms with van der Waals surface area (Å²) in [6, 6.07) is 3.56. The van der Waals surface area contributed by atoms with Crippen molar-refractivity contribution in [3.05, 3.63) is 34.6 Å². The van der Waals surface area contributed by atoms with Gasteiger partial charge in [-0.05, 0) is 28.1 Å². The molecule has 2 aromatic heterocycles. The second-order valence-corrected chi connectivity index (χ2v) is 4.26. The standard InChI is InChI=1S/C11H9BrN4O2/c1-18-11(17)7-5-15-10(16-9(7)13)8-3-2-6(12)4-14-8/h2-5H,1H3,(H2,13,15,16). The topological polar surface area (TPSA) is 91.0 Å². The molecule has 2 rings (SSSR count). The van der Waals surface area contributed by atoms with E-state index in [-0.39, 0.29) is 11.4 Å². The second kappa shape index (κ2) is 5.09. The average molecular weight is 309 g/mol. The molecule has 0 aromatic carbocycles. The number of anilines is 1. The number of carbonyl (C=O) groups excluding carboxylic acids is 1. The predicted octanol–water partition coefficient (Wildman–Crippen LogP) is 1.67. The molecule has 0 aliphatic heterocycles. The maximum atomic E-state index is 11.3. The smallest absolute Gasteiger partial charge is 0.343 e.